The fourth-order valence-corrected chi connectivity index (χ4v) is 2.02. The van der Waals surface area contributed by atoms with E-state index in [-0.39, 0.29) is 11.3 Å². The molecular formula is C12H14BrF2NO4. The molecule has 0 aliphatic carbocycles. The Kier molecular flexibility index (Phi) is 5.70. The summed E-state index contributed by atoms with van der Waals surface area (Å²) >= 11 is 3.20. The predicted molar refractivity (Wildman–Crippen MR) is 71.6 cm³/mol. The van der Waals surface area contributed by atoms with Crippen molar-refractivity contribution in [3.8, 4) is 11.5 Å². The van der Waals surface area contributed by atoms with Gasteiger partial charge >= 0.3 is 0 Å². The third kappa shape index (κ3) is 4.04. The molecule has 0 heterocycles. The lowest BCUT2D eigenvalue weighted by molar-refractivity contribution is -0.0462. The molecule has 0 atom stereocenters. The van der Waals surface area contributed by atoms with E-state index in [0.29, 0.717) is 10.2 Å². The molecule has 2 N–H and O–H groups in total. The lowest BCUT2D eigenvalue weighted by Gasteiger charge is -2.16. The van der Waals surface area contributed by atoms with Gasteiger partial charge in [-0.1, -0.05) is 0 Å². The number of amides is 1. The molecular weight excluding hydrogens is 340 g/mol. The quantitative estimate of drug-likeness (QED) is 0.818. The summed E-state index contributed by atoms with van der Waals surface area (Å²) in [5.41, 5.74) is 0.0486. The Morgan fingerprint density at radius 1 is 1.40 bits per heavy atom. The van der Waals surface area contributed by atoms with Gasteiger partial charge in [0.05, 0.1) is 30.8 Å². The Morgan fingerprint density at radius 2 is 2.05 bits per heavy atom. The maximum atomic E-state index is 12.9. The van der Waals surface area contributed by atoms with E-state index in [2.05, 4.69) is 15.9 Å². The van der Waals surface area contributed by atoms with Gasteiger partial charge in [-0.3, -0.25) is 4.79 Å². The van der Waals surface area contributed by atoms with E-state index in [1.54, 1.807) is 6.07 Å². The average Bonchev–Trinajstić information content (AvgIpc) is 2.43. The van der Waals surface area contributed by atoms with Gasteiger partial charge in [0.25, 0.3) is 11.8 Å². The van der Waals surface area contributed by atoms with E-state index < -0.39 is 25.0 Å². The number of halogens is 3. The van der Waals surface area contributed by atoms with Crippen molar-refractivity contribution in [1.29, 1.82) is 0 Å². The summed E-state index contributed by atoms with van der Waals surface area (Å²) in [6.07, 6.45) is 0. The van der Waals surface area contributed by atoms with Gasteiger partial charge in [-0.2, -0.15) is 0 Å². The second-order valence-electron chi connectivity index (χ2n) is 3.89. The van der Waals surface area contributed by atoms with Crippen LogP contribution in [0.1, 0.15) is 10.4 Å². The summed E-state index contributed by atoms with van der Waals surface area (Å²) in [5.74, 6) is -3.55. The third-order valence-electron chi connectivity index (χ3n) is 2.44. The molecule has 0 unspecified atom stereocenters. The lowest BCUT2D eigenvalue weighted by Crippen LogP contribution is -2.39. The van der Waals surface area contributed by atoms with Crippen molar-refractivity contribution in [2.75, 3.05) is 27.4 Å². The molecule has 0 radical (unpaired) electrons. The lowest BCUT2D eigenvalue weighted by atomic mass is 10.1. The number of methoxy groups -OCH3 is 2. The first kappa shape index (κ1) is 16.6. The van der Waals surface area contributed by atoms with Crippen molar-refractivity contribution < 1.29 is 28.2 Å². The van der Waals surface area contributed by atoms with Crippen LogP contribution in [0.2, 0.25) is 0 Å². The molecule has 0 saturated carbocycles. The highest BCUT2D eigenvalue weighted by Gasteiger charge is 2.29. The van der Waals surface area contributed by atoms with E-state index in [9.17, 15) is 13.6 Å². The molecule has 0 saturated heterocycles. The van der Waals surface area contributed by atoms with Gasteiger partial charge < -0.3 is 19.9 Å². The second kappa shape index (κ2) is 6.85. The molecule has 1 rings (SSSR count). The molecule has 1 aromatic rings. The minimum atomic E-state index is -3.38. The van der Waals surface area contributed by atoms with Gasteiger partial charge in [-0.15, -0.1) is 0 Å². The van der Waals surface area contributed by atoms with Gasteiger partial charge in [-0.05, 0) is 28.1 Å². The Labute approximate surface area is 123 Å². The number of hydrogen-bond acceptors (Lipinski definition) is 4. The number of benzene rings is 1. The number of aliphatic hydroxyl groups is 1. The minimum Gasteiger partial charge on any atom is -0.497 e. The largest absolute Gasteiger partial charge is 0.497 e. The van der Waals surface area contributed by atoms with E-state index >= 15 is 0 Å². The molecule has 0 fully saturated rings. The number of carbonyl (C=O) groups excluding carboxylic acids is 1. The number of aliphatic hydroxyl groups excluding tert-OH is 1. The number of hydrogen-bond donors (Lipinski definition) is 2. The van der Waals surface area contributed by atoms with Crippen LogP contribution >= 0.6 is 15.9 Å². The van der Waals surface area contributed by atoms with Crippen LogP contribution < -0.4 is 14.8 Å². The smallest absolute Gasteiger partial charge is 0.287 e. The van der Waals surface area contributed by atoms with Crippen LogP contribution in [0.25, 0.3) is 0 Å². The fourth-order valence-electron chi connectivity index (χ4n) is 1.42. The first-order valence-electron chi connectivity index (χ1n) is 5.53. The number of ether oxygens (including phenoxy) is 2. The second-order valence-corrected chi connectivity index (χ2v) is 4.74. The van der Waals surface area contributed by atoms with Crippen LogP contribution in [-0.4, -0.2) is 44.3 Å². The summed E-state index contributed by atoms with van der Waals surface area (Å²) in [6, 6.07) is 2.95. The van der Waals surface area contributed by atoms with Gasteiger partial charge in [-0.25, -0.2) is 8.78 Å². The van der Waals surface area contributed by atoms with Crippen LogP contribution in [0, 0.1) is 0 Å². The average molecular weight is 354 g/mol. The zero-order valence-corrected chi connectivity index (χ0v) is 12.5. The molecule has 5 nitrogen and oxygen atoms in total. The number of carbonyl (C=O) groups is 1. The molecule has 112 valence electrons. The van der Waals surface area contributed by atoms with E-state index in [1.807, 2.05) is 5.32 Å². The summed E-state index contributed by atoms with van der Waals surface area (Å²) < 4.78 is 36.3. The van der Waals surface area contributed by atoms with Crippen molar-refractivity contribution in [1.82, 2.24) is 5.32 Å². The summed E-state index contributed by atoms with van der Waals surface area (Å²) in [4.78, 5) is 11.9. The highest BCUT2D eigenvalue weighted by atomic mass is 79.9. The molecule has 20 heavy (non-hydrogen) atoms. The summed E-state index contributed by atoms with van der Waals surface area (Å²) in [5, 5.41) is 10.5. The van der Waals surface area contributed by atoms with Crippen LogP contribution in [-0.2, 0) is 0 Å². The first-order chi connectivity index (χ1) is 9.34. The van der Waals surface area contributed by atoms with Crippen molar-refractivity contribution >= 4 is 21.8 Å². The summed E-state index contributed by atoms with van der Waals surface area (Å²) in [7, 11) is 2.77. The Hall–Kier alpha value is -1.41. The topological polar surface area (TPSA) is 67.8 Å². The molecule has 1 amide bonds. The number of nitrogens with one attached hydrogen (secondary N) is 1. The van der Waals surface area contributed by atoms with E-state index in [1.165, 1.54) is 20.3 Å². The number of alkyl halides is 2. The summed E-state index contributed by atoms with van der Waals surface area (Å²) in [6.45, 7) is -2.31. The van der Waals surface area contributed by atoms with E-state index in [0.717, 1.165) is 0 Å². The monoisotopic (exact) mass is 353 g/mol. The SMILES string of the molecule is COc1cc(Br)c(OC)c(C(=O)NCC(F)(F)CO)c1. The fraction of sp³-hybridized carbons (Fsp3) is 0.417. The maximum absolute atomic E-state index is 12.9. The highest BCUT2D eigenvalue weighted by Crippen LogP contribution is 2.33. The molecule has 0 aliphatic rings. The molecule has 0 aliphatic heterocycles. The van der Waals surface area contributed by atoms with Gasteiger partial charge in [0.2, 0.25) is 0 Å². The Bertz CT molecular complexity index is 497. The first-order valence-corrected chi connectivity index (χ1v) is 6.32. The molecule has 0 bridgehead atoms. The van der Waals surface area contributed by atoms with Gasteiger partial charge in [0.1, 0.15) is 18.1 Å². The Morgan fingerprint density at radius 3 is 2.55 bits per heavy atom. The van der Waals surface area contributed by atoms with Crippen molar-refractivity contribution in [3.05, 3.63) is 22.2 Å². The third-order valence-corrected chi connectivity index (χ3v) is 3.03. The van der Waals surface area contributed by atoms with E-state index in [4.69, 9.17) is 14.6 Å². The van der Waals surface area contributed by atoms with Crippen LogP contribution in [0.4, 0.5) is 8.78 Å². The van der Waals surface area contributed by atoms with Crippen LogP contribution in [0.15, 0.2) is 16.6 Å². The minimum absolute atomic E-state index is 0.0486. The van der Waals surface area contributed by atoms with Crippen molar-refractivity contribution in [2.45, 2.75) is 5.92 Å². The maximum Gasteiger partial charge on any atom is 0.287 e. The molecule has 1 aromatic carbocycles. The zero-order chi connectivity index (χ0) is 15.3. The molecule has 0 spiro atoms. The predicted octanol–water partition coefficient (Wildman–Crippen LogP) is 1.82. The standard InChI is InChI=1S/C12H14BrF2NO4/c1-19-7-3-8(10(20-2)9(13)4-7)11(18)16-5-12(14,15)6-17/h3-4,17H,5-6H2,1-2H3,(H,16,18). The molecule has 0 aromatic heterocycles. The normalized spacial score (nSPS) is 11.1. The van der Waals surface area contributed by atoms with Crippen LogP contribution in [0.3, 0.4) is 0 Å². The van der Waals surface area contributed by atoms with Crippen molar-refractivity contribution in [2.24, 2.45) is 0 Å². The van der Waals surface area contributed by atoms with Gasteiger partial charge in [0.15, 0.2) is 0 Å². The van der Waals surface area contributed by atoms with Gasteiger partial charge in [0, 0.05) is 0 Å². The zero-order valence-electron chi connectivity index (χ0n) is 10.9. The van der Waals surface area contributed by atoms with Crippen LogP contribution in [0.5, 0.6) is 11.5 Å². The number of rotatable bonds is 6. The molecule has 8 heteroatoms. The highest BCUT2D eigenvalue weighted by molar-refractivity contribution is 9.10. The van der Waals surface area contributed by atoms with Crippen molar-refractivity contribution in [3.63, 3.8) is 0 Å². The Balaban J connectivity index is 2.99.